The predicted molar refractivity (Wildman–Crippen MR) is 89.9 cm³/mol. The number of nitrogens with zero attached hydrogens (tertiary/aromatic N) is 3. The normalized spacial score (nSPS) is 13.4. The van der Waals surface area contributed by atoms with Gasteiger partial charge < -0.3 is 14.6 Å². The van der Waals surface area contributed by atoms with Crippen LogP contribution in [-0.4, -0.2) is 34.0 Å². The Morgan fingerprint density at radius 1 is 1.28 bits per heavy atom. The fraction of sp³-hybridized carbons (Fsp3) is 0.278. The quantitative estimate of drug-likeness (QED) is 0.770. The highest BCUT2D eigenvalue weighted by atomic mass is 16.5. The molecule has 0 atom stereocenters. The summed E-state index contributed by atoms with van der Waals surface area (Å²) in [6.07, 6.45) is 2.69. The molecule has 7 nitrogen and oxygen atoms in total. The van der Waals surface area contributed by atoms with Crippen LogP contribution in [0.5, 0.6) is 0 Å². The molecule has 25 heavy (non-hydrogen) atoms. The number of fused-ring (bicyclic) bond motifs is 1. The second-order valence-electron chi connectivity index (χ2n) is 5.84. The first-order chi connectivity index (χ1) is 12.3. The SMILES string of the molecule is O=C(NCCn1ncc2c1CCOC2)c1cc(-c2ccccc2)on1. The molecule has 0 aliphatic carbocycles. The van der Waals surface area contributed by atoms with Crippen LogP contribution in [0.3, 0.4) is 0 Å². The smallest absolute Gasteiger partial charge is 0.273 e. The Balaban J connectivity index is 1.35. The van der Waals surface area contributed by atoms with Gasteiger partial charge in [-0.05, 0) is 0 Å². The van der Waals surface area contributed by atoms with Gasteiger partial charge in [-0.15, -0.1) is 0 Å². The molecular weight excluding hydrogens is 320 g/mol. The summed E-state index contributed by atoms with van der Waals surface area (Å²) in [4.78, 5) is 12.2. The minimum absolute atomic E-state index is 0.254. The zero-order valence-electron chi connectivity index (χ0n) is 13.6. The van der Waals surface area contributed by atoms with Crippen LogP contribution in [-0.2, 0) is 24.3 Å². The van der Waals surface area contributed by atoms with Crippen LogP contribution in [0.1, 0.15) is 21.7 Å². The lowest BCUT2D eigenvalue weighted by atomic mass is 10.1. The molecule has 0 unspecified atom stereocenters. The van der Waals surface area contributed by atoms with Crippen molar-refractivity contribution in [2.75, 3.05) is 13.2 Å². The van der Waals surface area contributed by atoms with Gasteiger partial charge in [0.05, 0.1) is 26.0 Å². The molecule has 3 aromatic rings. The molecule has 128 valence electrons. The summed E-state index contributed by atoms with van der Waals surface area (Å²) in [5.41, 5.74) is 3.48. The van der Waals surface area contributed by atoms with E-state index in [2.05, 4.69) is 15.6 Å². The molecular formula is C18H18N4O3. The number of carbonyl (C=O) groups excluding carboxylic acids is 1. The van der Waals surface area contributed by atoms with E-state index >= 15 is 0 Å². The van der Waals surface area contributed by atoms with E-state index in [0.717, 1.165) is 17.5 Å². The molecule has 1 aromatic carbocycles. The minimum atomic E-state index is -0.254. The summed E-state index contributed by atoms with van der Waals surface area (Å²) in [5, 5.41) is 11.1. The van der Waals surface area contributed by atoms with Crippen LogP contribution in [0.4, 0.5) is 0 Å². The zero-order chi connectivity index (χ0) is 17.1. The minimum Gasteiger partial charge on any atom is -0.376 e. The molecule has 3 heterocycles. The molecule has 0 saturated heterocycles. The number of hydrogen-bond donors (Lipinski definition) is 1. The van der Waals surface area contributed by atoms with E-state index in [1.807, 2.05) is 41.2 Å². The Morgan fingerprint density at radius 2 is 2.16 bits per heavy atom. The van der Waals surface area contributed by atoms with E-state index in [4.69, 9.17) is 9.26 Å². The average Bonchev–Trinajstić information content (AvgIpc) is 3.30. The number of rotatable bonds is 5. The number of amides is 1. The maximum absolute atomic E-state index is 12.2. The number of carbonyl (C=O) groups is 1. The lowest BCUT2D eigenvalue weighted by Gasteiger charge is -2.14. The number of hydrogen-bond acceptors (Lipinski definition) is 5. The lowest BCUT2D eigenvalue weighted by molar-refractivity contribution is 0.0941. The first-order valence-electron chi connectivity index (χ1n) is 8.23. The number of benzene rings is 1. The molecule has 0 spiro atoms. The average molecular weight is 338 g/mol. The van der Waals surface area contributed by atoms with Gasteiger partial charge in [-0.3, -0.25) is 9.48 Å². The first-order valence-corrected chi connectivity index (χ1v) is 8.23. The maximum atomic E-state index is 12.2. The third-order valence-electron chi connectivity index (χ3n) is 4.19. The van der Waals surface area contributed by atoms with Crippen molar-refractivity contribution in [2.45, 2.75) is 19.6 Å². The van der Waals surface area contributed by atoms with Gasteiger partial charge in [0, 0.05) is 35.9 Å². The van der Waals surface area contributed by atoms with E-state index in [0.29, 0.717) is 32.1 Å². The van der Waals surface area contributed by atoms with Crippen molar-refractivity contribution in [3.63, 3.8) is 0 Å². The number of ether oxygens (including phenoxy) is 1. The third-order valence-corrected chi connectivity index (χ3v) is 4.19. The maximum Gasteiger partial charge on any atom is 0.273 e. The standard InChI is InChI=1S/C18H18N4O3/c23-18(15-10-17(25-21-15)13-4-2-1-3-5-13)19-7-8-22-16-6-9-24-12-14(16)11-20-22/h1-5,10-11H,6-9,12H2,(H,19,23). The third kappa shape index (κ3) is 3.32. The Hall–Kier alpha value is -2.93. The van der Waals surface area contributed by atoms with Crippen molar-refractivity contribution in [1.82, 2.24) is 20.3 Å². The van der Waals surface area contributed by atoms with Gasteiger partial charge in [0.15, 0.2) is 11.5 Å². The molecule has 1 aliphatic rings. The van der Waals surface area contributed by atoms with Gasteiger partial charge >= 0.3 is 0 Å². The van der Waals surface area contributed by atoms with Crippen LogP contribution in [0, 0.1) is 0 Å². The van der Waals surface area contributed by atoms with Crippen molar-refractivity contribution in [3.05, 3.63) is 59.5 Å². The largest absolute Gasteiger partial charge is 0.376 e. The molecule has 0 bridgehead atoms. The predicted octanol–water partition coefficient (Wildman–Crippen LogP) is 2.04. The molecule has 0 fully saturated rings. The van der Waals surface area contributed by atoms with Crippen LogP contribution in [0.2, 0.25) is 0 Å². The molecule has 0 saturated carbocycles. The topological polar surface area (TPSA) is 82.2 Å². The van der Waals surface area contributed by atoms with Gasteiger partial charge in [-0.2, -0.15) is 5.10 Å². The van der Waals surface area contributed by atoms with Crippen LogP contribution < -0.4 is 5.32 Å². The highest BCUT2D eigenvalue weighted by Gasteiger charge is 2.16. The summed E-state index contributed by atoms with van der Waals surface area (Å²) in [7, 11) is 0. The second-order valence-corrected chi connectivity index (χ2v) is 5.84. The van der Waals surface area contributed by atoms with Crippen molar-refractivity contribution >= 4 is 5.91 Å². The second kappa shape index (κ2) is 6.90. The van der Waals surface area contributed by atoms with Crippen molar-refractivity contribution in [1.29, 1.82) is 0 Å². The first kappa shape index (κ1) is 15.6. The number of aromatic nitrogens is 3. The number of nitrogens with one attached hydrogen (secondary N) is 1. The highest BCUT2D eigenvalue weighted by Crippen LogP contribution is 2.19. The van der Waals surface area contributed by atoms with Gasteiger partial charge in [-0.1, -0.05) is 35.5 Å². The lowest BCUT2D eigenvalue weighted by Crippen LogP contribution is -2.28. The van der Waals surface area contributed by atoms with E-state index < -0.39 is 0 Å². The molecule has 2 aromatic heterocycles. The van der Waals surface area contributed by atoms with Crippen molar-refractivity contribution < 1.29 is 14.1 Å². The van der Waals surface area contributed by atoms with Crippen LogP contribution in [0.15, 0.2) is 47.1 Å². The molecule has 4 rings (SSSR count). The summed E-state index contributed by atoms with van der Waals surface area (Å²) in [6.45, 7) is 2.42. The summed E-state index contributed by atoms with van der Waals surface area (Å²) < 4.78 is 12.6. The highest BCUT2D eigenvalue weighted by molar-refractivity contribution is 5.93. The summed E-state index contributed by atoms with van der Waals surface area (Å²) >= 11 is 0. The van der Waals surface area contributed by atoms with Gasteiger partial charge in [0.1, 0.15) is 0 Å². The summed E-state index contributed by atoms with van der Waals surface area (Å²) in [6, 6.07) is 11.2. The van der Waals surface area contributed by atoms with E-state index in [1.165, 1.54) is 5.69 Å². The molecule has 1 aliphatic heterocycles. The van der Waals surface area contributed by atoms with E-state index in [-0.39, 0.29) is 11.6 Å². The monoisotopic (exact) mass is 338 g/mol. The van der Waals surface area contributed by atoms with Crippen LogP contribution >= 0.6 is 0 Å². The Morgan fingerprint density at radius 3 is 3.04 bits per heavy atom. The molecule has 1 N–H and O–H groups in total. The molecule has 0 radical (unpaired) electrons. The van der Waals surface area contributed by atoms with Gasteiger partial charge in [0.25, 0.3) is 5.91 Å². The van der Waals surface area contributed by atoms with Crippen LogP contribution in [0.25, 0.3) is 11.3 Å². The molecule has 1 amide bonds. The summed E-state index contributed by atoms with van der Waals surface area (Å²) in [5.74, 6) is 0.321. The van der Waals surface area contributed by atoms with Gasteiger partial charge in [0.2, 0.25) is 0 Å². The van der Waals surface area contributed by atoms with E-state index in [1.54, 1.807) is 6.07 Å². The Bertz CT molecular complexity index is 870. The zero-order valence-corrected chi connectivity index (χ0v) is 13.6. The van der Waals surface area contributed by atoms with Crippen molar-refractivity contribution in [3.8, 4) is 11.3 Å². The molecule has 7 heteroatoms. The Kier molecular flexibility index (Phi) is 4.30. The van der Waals surface area contributed by atoms with Gasteiger partial charge in [-0.25, -0.2) is 0 Å². The van der Waals surface area contributed by atoms with Crippen molar-refractivity contribution in [2.24, 2.45) is 0 Å². The Labute approximate surface area is 144 Å². The van der Waals surface area contributed by atoms with E-state index in [9.17, 15) is 4.79 Å². The fourth-order valence-electron chi connectivity index (χ4n) is 2.89. The fourth-order valence-corrected chi connectivity index (χ4v) is 2.89.